The number of phenols is 1. The zero-order valence-electron chi connectivity index (χ0n) is 16.8. The van der Waals surface area contributed by atoms with Crippen LogP contribution in [0, 0.1) is 24.9 Å². The van der Waals surface area contributed by atoms with E-state index in [1.807, 2.05) is 6.07 Å². The minimum atomic E-state index is -0.624. The van der Waals surface area contributed by atoms with E-state index in [9.17, 15) is 14.7 Å². The van der Waals surface area contributed by atoms with Crippen LogP contribution in [0.4, 0.5) is 4.39 Å². The molecule has 0 radical (unpaired) electrons. The number of nitrogens with zero attached hydrogens (tertiary/aromatic N) is 2. The monoisotopic (exact) mass is 372 g/mol. The quantitative estimate of drug-likeness (QED) is 0.554. The number of hydrogen-bond acceptors (Lipinski definition) is 3. The Bertz CT molecular complexity index is 828. The molecule has 0 aliphatic rings. The lowest BCUT2D eigenvalue weighted by molar-refractivity contribution is -0.601. The van der Waals surface area contributed by atoms with Gasteiger partial charge in [-0.2, -0.15) is 4.73 Å². The van der Waals surface area contributed by atoms with Gasteiger partial charge in [-0.25, -0.2) is 4.39 Å². The van der Waals surface area contributed by atoms with E-state index in [4.69, 9.17) is 0 Å². The minimum Gasteiger partial charge on any atom is -0.618 e. The first-order valence-electron chi connectivity index (χ1n) is 9.42. The molecule has 27 heavy (non-hydrogen) atoms. The Balaban J connectivity index is 2.62. The fourth-order valence-electron chi connectivity index (χ4n) is 3.40. The average Bonchev–Trinajstić information content (AvgIpc) is 2.63. The predicted octanol–water partition coefficient (Wildman–Crippen LogP) is 4.93. The van der Waals surface area contributed by atoms with Crippen LogP contribution in [0.25, 0.3) is 17.0 Å². The molecule has 1 aromatic carbocycles. The van der Waals surface area contributed by atoms with Gasteiger partial charge in [-0.15, -0.1) is 0 Å². The summed E-state index contributed by atoms with van der Waals surface area (Å²) >= 11 is 0. The highest BCUT2D eigenvalue weighted by atomic mass is 19.1. The van der Waals surface area contributed by atoms with Crippen molar-refractivity contribution in [2.24, 2.45) is 0 Å². The second-order valence-electron chi connectivity index (χ2n) is 7.00. The smallest absolute Gasteiger partial charge is 0.233 e. The van der Waals surface area contributed by atoms with Crippen molar-refractivity contribution in [2.75, 3.05) is 6.54 Å². The summed E-state index contributed by atoms with van der Waals surface area (Å²) in [6.45, 7) is 14.9. The Kier molecular flexibility index (Phi) is 6.47. The van der Waals surface area contributed by atoms with E-state index in [2.05, 4.69) is 32.3 Å². The largest absolute Gasteiger partial charge is 0.618 e. The molecule has 0 saturated heterocycles. The Morgan fingerprint density at radius 3 is 2.56 bits per heavy atom. The fourth-order valence-corrected chi connectivity index (χ4v) is 3.40. The SMILES string of the molecule is C=C(c1cc(C)c(-c2c(O)cccc2F)[n+]([O-])c1C)N(CCC)[C@@H](C)CC. The number of aryl methyl sites for hydroxylation is 1. The molecule has 0 aliphatic carbocycles. The molecule has 0 fully saturated rings. The summed E-state index contributed by atoms with van der Waals surface area (Å²) < 4.78 is 15.0. The number of halogens is 1. The molecular formula is C22H29FN2O2. The van der Waals surface area contributed by atoms with Crippen LogP contribution in [0.15, 0.2) is 30.8 Å². The van der Waals surface area contributed by atoms with Crippen molar-refractivity contribution < 1.29 is 14.2 Å². The van der Waals surface area contributed by atoms with Crippen molar-refractivity contribution in [2.45, 2.75) is 53.5 Å². The molecule has 4 nitrogen and oxygen atoms in total. The first kappa shape index (κ1) is 20.7. The van der Waals surface area contributed by atoms with Crippen molar-refractivity contribution in [3.63, 3.8) is 0 Å². The first-order valence-corrected chi connectivity index (χ1v) is 9.42. The summed E-state index contributed by atoms with van der Waals surface area (Å²) in [5.41, 5.74) is 2.62. The Morgan fingerprint density at radius 1 is 1.33 bits per heavy atom. The lowest BCUT2D eigenvalue weighted by atomic mass is 9.99. The summed E-state index contributed by atoms with van der Waals surface area (Å²) in [5.74, 6) is -0.873. The maximum Gasteiger partial charge on any atom is 0.233 e. The van der Waals surface area contributed by atoms with Crippen molar-refractivity contribution in [3.8, 4) is 17.0 Å². The van der Waals surface area contributed by atoms with E-state index in [1.165, 1.54) is 18.2 Å². The van der Waals surface area contributed by atoms with Crippen molar-refractivity contribution in [1.82, 2.24) is 4.90 Å². The number of pyridine rings is 1. The number of aromatic nitrogens is 1. The number of phenolic OH excluding ortho intramolecular Hbond substituents is 1. The van der Waals surface area contributed by atoms with E-state index in [0.717, 1.165) is 30.6 Å². The molecule has 0 saturated carbocycles. The van der Waals surface area contributed by atoms with Gasteiger partial charge >= 0.3 is 0 Å². The molecule has 2 aromatic rings. The Hall–Kier alpha value is -2.56. The second-order valence-corrected chi connectivity index (χ2v) is 7.00. The van der Waals surface area contributed by atoms with Gasteiger partial charge in [0.1, 0.15) is 17.1 Å². The number of aromatic hydroxyl groups is 1. The molecule has 0 unspecified atom stereocenters. The van der Waals surface area contributed by atoms with E-state index < -0.39 is 5.82 Å². The molecule has 0 spiro atoms. The van der Waals surface area contributed by atoms with Crippen molar-refractivity contribution >= 4 is 5.70 Å². The number of rotatable bonds is 7. The van der Waals surface area contributed by atoms with Gasteiger partial charge in [0.15, 0.2) is 5.69 Å². The highest BCUT2D eigenvalue weighted by Crippen LogP contribution is 2.34. The van der Waals surface area contributed by atoms with Crippen LogP contribution in [-0.4, -0.2) is 22.6 Å². The van der Waals surface area contributed by atoms with E-state index in [0.29, 0.717) is 22.0 Å². The third-order valence-corrected chi connectivity index (χ3v) is 5.11. The second kappa shape index (κ2) is 8.42. The molecule has 5 heteroatoms. The van der Waals surface area contributed by atoms with E-state index in [1.54, 1.807) is 13.8 Å². The minimum absolute atomic E-state index is 0.0717. The topological polar surface area (TPSA) is 50.4 Å². The maximum atomic E-state index is 14.3. The molecule has 1 N–H and O–H groups in total. The van der Waals surface area contributed by atoms with Crippen LogP contribution in [0.2, 0.25) is 0 Å². The Morgan fingerprint density at radius 2 is 2.00 bits per heavy atom. The third kappa shape index (κ3) is 3.92. The predicted molar refractivity (Wildman–Crippen MR) is 108 cm³/mol. The summed E-state index contributed by atoms with van der Waals surface area (Å²) in [6.07, 6.45) is 1.94. The van der Waals surface area contributed by atoms with Gasteiger partial charge < -0.3 is 15.2 Å². The van der Waals surface area contributed by atoms with Gasteiger partial charge in [-0.05, 0) is 44.9 Å². The Labute approximate surface area is 161 Å². The molecule has 0 aliphatic heterocycles. The third-order valence-electron chi connectivity index (χ3n) is 5.11. The number of benzene rings is 1. The maximum absolute atomic E-state index is 14.3. The first-order chi connectivity index (χ1) is 12.7. The summed E-state index contributed by atoms with van der Waals surface area (Å²) in [5, 5.41) is 23.1. The van der Waals surface area contributed by atoms with Gasteiger partial charge in [-0.1, -0.05) is 26.5 Å². The fraction of sp³-hybridized carbons (Fsp3) is 0.409. The van der Waals surface area contributed by atoms with Crippen LogP contribution in [0.5, 0.6) is 5.75 Å². The standard InChI is InChI=1S/C22H29FN2O2/c1-7-12-24(15(4)8-2)16(5)18-13-14(3)22(25(27)17(18)6)21-19(23)10-9-11-20(21)26/h9-11,13,15,26H,5,7-8,12H2,1-4,6H3/t15-/m0/s1. The molecule has 1 aromatic heterocycles. The van der Waals surface area contributed by atoms with Crippen LogP contribution in [-0.2, 0) is 0 Å². The normalized spacial score (nSPS) is 12.1. The lowest BCUT2D eigenvalue weighted by Crippen LogP contribution is -2.38. The van der Waals surface area contributed by atoms with Gasteiger partial charge in [0.05, 0.1) is 5.56 Å². The molecule has 2 rings (SSSR count). The van der Waals surface area contributed by atoms with Gasteiger partial charge in [0.2, 0.25) is 5.69 Å². The van der Waals surface area contributed by atoms with Gasteiger partial charge in [0.25, 0.3) is 0 Å². The molecule has 146 valence electrons. The van der Waals surface area contributed by atoms with Crippen molar-refractivity contribution in [3.05, 3.63) is 58.7 Å². The van der Waals surface area contributed by atoms with Crippen molar-refractivity contribution in [1.29, 1.82) is 0 Å². The lowest BCUT2D eigenvalue weighted by Gasteiger charge is -2.32. The van der Waals surface area contributed by atoms with Gasteiger partial charge in [0, 0.05) is 30.8 Å². The van der Waals surface area contributed by atoms with Gasteiger partial charge in [-0.3, -0.25) is 0 Å². The molecule has 1 atom stereocenters. The molecule has 0 amide bonds. The highest BCUT2D eigenvalue weighted by Gasteiger charge is 2.27. The van der Waals surface area contributed by atoms with E-state index >= 15 is 0 Å². The average molecular weight is 372 g/mol. The summed E-state index contributed by atoms with van der Waals surface area (Å²) in [7, 11) is 0. The summed E-state index contributed by atoms with van der Waals surface area (Å²) in [4.78, 5) is 2.21. The number of hydrogen-bond donors (Lipinski definition) is 1. The zero-order chi connectivity index (χ0) is 20.3. The van der Waals surface area contributed by atoms with Crippen LogP contribution >= 0.6 is 0 Å². The molecule has 0 bridgehead atoms. The zero-order valence-corrected chi connectivity index (χ0v) is 16.8. The molecule has 1 heterocycles. The summed E-state index contributed by atoms with van der Waals surface area (Å²) in [6, 6.07) is 6.19. The highest BCUT2D eigenvalue weighted by molar-refractivity contribution is 5.71. The van der Waals surface area contributed by atoms with Crippen LogP contribution in [0.1, 0.15) is 50.4 Å². The van der Waals surface area contributed by atoms with Crippen LogP contribution < -0.4 is 4.73 Å². The van der Waals surface area contributed by atoms with Crippen LogP contribution in [0.3, 0.4) is 0 Å². The van der Waals surface area contributed by atoms with E-state index in [-0.39, 0.29) is 17.0 Å². The molecular weight excluding hydrogens is 343 g/mol.